The summed E-state index contributed by atoms with van der Waals surface area (Å²) in [6, 6.07) is 1.72. The van der Waals surface area contributed by atoms with Gasteiger partial charge in [-0.25, -0.2) is 4.79 Å². The van der Waals surface area contributed by atoms with E-state index in [-0.39, 0.29) is 12.5 Å². The minimum atomic E-state index is -3.40. The molecule has 0 aromatic carbocycles. The zero-order valence-electron chi connectivity index (χ0n) is 9.88. The van der Waals surface area contributed by atoms with Crippen LogP contribution in [0.2, 0.25) is 0 Å². The van der Waals surface area contributed by atoms with Gasteiger partial charge in [-0.1, -0.05) is 0 Å². The minimum absolute atomic E-state index is 0.146. The first-order valence-corrected chi connectivity index (χ1v) is 8.18. The minimum Gasteiger partial charge on any atom is -0.477 e. The van der Waals surface area contributed by atoms with Crippen LogP contribution in [0.1, 0.15) is 26.5 Å². The maximum Gasteiger partial charge on any atom is 0.345 e. The maximum absolute atomic E-state index is 10.9. The van der Waals surface area contributed by atoms with Gasteiger partial charge in [0.2, 0.25) is 0 Å². The molecule has 0 saturated carbocycles. The molecule has 0 radical (unpaired) electrons. The lowest BCUT2D eigenvalue weighted by Crippen LogP contribution is -2.19. The number of carbonyl (C=O) groups is 1. The zero-order valence-corrected chi connectivity index (χ0v) is 11.5. The van der Waals surface area contributed by atoms with E-state index < -0.39 is 16.1 Å². The van der Waals surface area contributed by atoms with Crippen LogP contribution in [-0.4, -0.2) is 32.4 Å². The van der Waals surface area contributed by atoms with Crippen molar-refractivity contribution in [3.63, 3.8) is 0 Å². The molecular weight excluding hydrogens is 276 g/mol. The fourth-order valence-corrected chi connectivity index (χ4v) is 3.65. The summed E-state index contributed by atoms with van der Waals surface area (Å²) in [5.74, 6) is -0.758. The van der Waals surface area contributed by atoms with E-state index in [2.05, 4.69) is 0 Å². The van der Waals surface area contributed by atoms with Crippen molar-refractivity contribution < 1.29 is 22.5 Å². The molecule has 1 atom stereocenters. The molecule has 2 rings (SSSR count). The number of carboxylic acids is 1. The van der Waals surface area contributed by atoms with E-state index >= 15 is 0 Å². The lowest BCUT2D eigenvalue weighted by Gasteiger charge is -2.21. The predicted octanol–water partition coefficient (Wildman–Crippen LogP) is 1.53. The van der Waals surface area contributed by atoms with Gasteiger partial charge in [0.15, 0.2) is 0 Å². The molecule has 0 aliphatic heterocycles. The molecule has 0 saturated heterocycles. The van der Waals surface area contributed by atoms with Gasteiger partial charge in [-0.05, 0) is 36.8 Å². The van der Waals surface area contributed by atoms with Crippen molar-refractivity contribution in [2.75, 3.05) is 12.9 Å². The molecule has 7 heteroatoms. The summed E-state index contributed by atoms with van der Waals surface area (Å²) >= 11 is 1.28. The lowest BCUT2D eigenvalue weighted by atomic mass is 9.89. The predicted molar refractivity (Wildman–Crippen MR) is 67.6 cm³/mol. The summed E-state index contributed by atoms with van der Waals surface area (Å²) in [5, 5.41) is 8.92. The van der Waals surface area contributed by atoms with Crippen molar-refractivity contribution >= 4 is 27.4 Å². The van der Waals surface area contributed by atoms with E-state index in [4.69, 9.17) is 9.29 Å². The van der Waals surface area contributed by atoms with Crippen LogP contribution >= 0.6 is 11.3 Å². The highest BCUT2D eigenvalue weighted by Crippen LogP contribution is 2.32. The Labute approximate surface area is 110 Å². The van der Waals surface area contributed by atoms with Gasteiger partial charge in [-0.2, -0.15) is 8.42 Å². The summed E-state index contributed by atoms with van der Waals surface area (Å²) in [6.45, 7) is 0.179. The van der Waals surface area contributed by atoms with Crippen LogP contribution in [0.3, 0.4) is 0 Å². The Bertz CT molecular complexity index is 558. The van der Waals surface area contributed by atoms with E-state index in [1.807, 2.05) is 0 Å². The van der Waals surface area contributed by atoms with Gasteiger partial charge < -0.3 is 5.11 Å². The van der Waals surface area contributed by atoms with Crippen LogP contribution in [0.25, 0.3) is 0 Å². The van der Waals surface area contributed by atoms with Crippen molar-refractivity contribution in [3.05, 3.63) is 21.4 Å². The fourth-order valence-electron chi connectivity index (χ4n) is 2.04. The Morgan fingerprint density at radius 3 is 2.94 bits per heavy atom. The van der Waals surface area contributed by atoms with E-state index in [1.165, 1.54) is 11.3 Å². The van der Waals surface area contributed by atoms with E-state index in [1.54, 1.807) is 6.07 Å². The van der Waals surface area contributed by atoms with Crippen molar-refractivity contribution in [2.45, 2.75) is 19.3 Å². The number of carboxylic acid groups (broad SMARTS) is 1. The molecule has 1 heterocycles. The first-order chi connectivity index (χ1) is 8.35. The molecule has 0 spiro atoms. The largest absolute Gasteiger partial charge is 0.477 e. The molecule has 1 aromatic heterocycles. The monoisotopic (exact) mass is 290 g/mol. The number of fused-ring (bicyclic) bond motifs is 1. The molecule has 0 bridgehead atoms. The standard InChI is InChI=1S/C11H14O5S2/c1-18(14,15)16-6-7-2-3-8-5-10(11(12)13)17-9(8)4-7/h5,7H,2-4,6H2,1H3,(H,12,13). The maximum atomic E-state index is 10.9. The molecule has 1 aliphatic carbocycles. The lowest BCUT2D eigenvalue weighted by molar-refractivity contribution is 0.0702. The number of rotatable bonds is 4. The molecule has 1 unspecified atom stereocenters. The second-order valence-electron chi connectivity index (χ2n) is 4.46. The van der Waals surface area contributed by atoms with Crippen LogP contribution < -0.4 is 0 Å². The molecular formula is C11H14O5S2. The van der Waals surface area contributed by atoms with Crippen LogP contribution in [0.4, 0.5) is 0 Å². The van der Waals surface area contributed by atoms with Crippen molar-refractivity contribution in [3.8, 4) is 0 Å². The summed E-state index contributed by atoms with van der Waals surface area (Å²) in [5.41, 5.74) is 1.08. The molecule has 1 aromatic rings. The Morgan fingerprint density at radius 1 is 1.61 bits per heavy atom. The van der Waals surface area contributed by atoms with Crippen LogP contribution in [0.15, 0.2) is 6.07 Å². The average Bonchev–Trinajstić information content (AvgIpc) is 2.68. The Hall–Kier alpha value is -0.920. The van der Waals surface area contributed by atoms with E-state index in [0.29, 0.717) is 11.3 Å². The average molecular weight is 290 g/mol. The van der Waals surface area contributed by atoms with Crippen LogP contribution in [-0.2, 0) is 27.1 Å². The topological polar surface area (TPSA) is 80.7 Å². The Morgan fingerprint density at radius 2 is 2.33 bits per heavy atom. The van der Waals surface area contributed by atoms with E-state index in [0.717, 1.165) is 29.5 Å². The second-order valence-corrected chi connectivity index (χ2v) is 7.24. The quantitative estimate of drug-likeness (QED) is 0.850. The van der Waals surface area contributed by atoms with Gasteiger partial charge in [0.25, 0.3) is 10.1 Å². The second kappa shape index (κ2) is 4.99. The highest BCUT2D eigenvalue weighted by Gasteiger charge is 2.23. The molecule has 1 aliphatic rings. The number of thiophene rings is 1. The number of hydrogen-bond donors (Lipinski definition) is 1. The Kier molecular flexibility index (Phi) is 3.74. The van der Waals surface area contributed by atoms with E-state index in [9.17, 15) is 13.2 Å². The first-order valence-electron chi connectivity index (χ1n) is 5.54. The van der Waals surface area contributed by atoms with Gasteiger partial charge in [-0.15, -0.1) is 11.3 Å². The van der Waals surface area contributed by atoms with Gasteiger partial charge in [-0.3, -0.25) is 4.18 Å². The van der Waals surface area contributed by atoms with Gasteiger partial charge in [0.05, 0.1) is 12.9 Å². The fraction of sp³-hybridized carbons (Fsp3) is 0.545. The number of aromatic carboxylic acids is 1. The summed E-state index contributed by atoms with van der Waals surface area (Å²) in [6.07, 6.45) is 3.35. The van der Waals surface area contributed by atoms with Crippen molar-refractivity contribution in [2.24, 2.45) is 5.92 Å². The zero-order chi connectivity index (χ0) is 13.3. The van der Waals surface area contributed by atoms with Crippen molar-refractivity contribution in [1.29, 1.82) is 0 Å². The third-order valence-electron chi connectivity index (χ3n) is 2.92. The summed E-state index contributed by atoms with van der Waals surface area (Å²) in [4.78, 5) is 12.3. The first kappa shape index (κ1) is 13.5. The molecule has 0 amide bonds. The molecule has 18 heavy (non-hydrogen) atoms. The van der Waals surface area contributed by atoms with Crippen LogP contribution in [0, 0.1) is 5.92 Å². The molecule has 1 N–H and O–H groups in total. The number of aryl methyl sites for hydroxylation is 1. The molecule has 0 fully saturated rings. The third-order valence-corrected chi connectivity index (χ3v) is 4.67. The van der Waals surface area contributed by atoms with Crippen LogP contribution in [0.5, 0.6) is 0 Å². The smallest absolute Gasteiger partial charge is 0.345 e. The number of hydrogen-bond acceptors (Lipinski definition) is 5. The van der Waals surface area contributed by atoms with Crippen molar-refractivity contribution in [1.82, 2.24) is 0 Å². The highest BCUT2D eigenvalue weighted by molar-refractivity contribution is 7.85. The summed E-state index contributed by atoms with van der Waals surface area (Å²) in [7, 11) is -3.40. The third kappa shape index (κ3) is 3.30. The normalized spacial score (nSPS) is 19.5. The Balaban J connectivity index is 2.03. The summed E-state index contributed by atoms with van der Waals surface area (Å²) < 4.78 is 26.6. The molecule has 5 nitrogen and oxygen atoms in total. The highest BCUT2D eigenvalue weighted by atomic mass is 32.2. The van der Waals surface area contributed by atoms with Gasteiger partial charge >= 0.3 is 5.97 Å². The molecule has 100 valence electrons. The SMILES string of the molecule is CS(=O)(=O)OCC1CCc2cc(C(=O)O)sc2C1. The van der Waals surface area contributed by atoms with Gasteiger partial charge in [0, 0.05) is 4.88 Å². The van der Waals surface area contributed by atoms with Gasteiger partial charge in [0.1, 0.15) is 4.88 Å².